The third-order valence-corrected chi connectivity index (χ3v) is 2.67. The number of hydrogen-bond acceptors (Lipinski definition) is 4. The molecule has 0 saturated carbocycles. The molecule has 1 aromatic rings. The zero-order chi connectivity index (χ0) is 14.8. The average Bonchev–Trinajstić information content (AvgIpc) is 2.45. The number of carboxylic acids is 1. The molecule has 0 amide bonds. The number of rotatable bonds is 8. The van der Waals surface area contributed by atoms with Crippen LogP contribution in [0.1, 0.15) is 26.2 Å². The van der Waals surface area contributed by atoms with E-state index in [9.17, 15) is 4.79 Å². The number of aliphatic carboxylic acids is 1. The molecule has 0 bridgehead atoms. The highest BCUT2D eigenvalue weighted by atomic mass is 16.6. The maximum atomic E-state index is 10.5. The molecule has 6 nitrogen and oxygen atoms in total. The lowest BCUT2D eigenvalue weighted by molar-refractivity contribution is -0.138. The Labute approximate surface area is 118 Å². The molecule has 0 saturated heterocycles. The van der Waals surface area contributed by atoms with E-state index in [-0.39, 0.29) is 0 Å². The van der Waals surface area contributed by atoms with Crippen molar-refractivity contribution in [3.8, 4) is 5.75 Å². The highest BCUT2D eigenvalue weighted by molar-refractivity contribution is 5.78. The number of amidine groups is 1. The van der Waals surface area contributed by atoms with Gasteiger partial charge in [0.05, 0.1) is 0 Å². The van der Waals surface area contributed by atoms with Crippen molar-refractivity contribution in [3.05, 3.63) is 30.3 Å². The minimum Gasteiger partial charge on any atom is -0.480 e. The van der Waals surface area contributed by atoms with E-state index in [0.29, 0.717) is 24.6 Å². The van der Waals surface area contributed by atoms with E-state index in [1.807, 2.05) is 37.3 Å². The summed E-state index contributed by atoms with van der Waals surface area (Å²) in [4.78, 5) is 15.7. The molecular weight excluding hydrogens is 258 g/mol. The van der Waals surface area contributed by atoms with Gasteiger partial charge in [-0.1, -0.05) is 23.4 Å². The molecule has 20 heavy (non-hydrogen) atoms. The fourth-order valence-corrected chi connectivity index (χ4v) is 1.52. The molecular formula is C14H21N3O3. The topological polar surface area (TPSA) is 96.9 Å². The zero-order valence-corrected chi connectivity index (χ0v) is 11.6. The Morgan fingerprint density at radius 3 is 2.75 bits per heavy atom. The van der Waals surface area contributed by atoms with Gasteiger partial charge in [0.25, 0.3) is 0 Å². The van der Waals surface area contributed by atoms with Crippen LogP contribution in [-0.4, -0.2) is 29.5 Å². The van der Waals surface area contributed by atoms with Gasteiger partial charge in [-0.25, -0.2) is 0 Å². The summed E-state index contributed by atoms with van der Waals surface area (Å²) in [6.45, 7) is 2.52. The van der Waals surface area contributed by atoms with E-state index in [1.54, 1.807) is 0 Å². The molecule has 0 aliphatic carbocycles. The highest BCUT2D eigenvalue weighted by Crippen LogP contribution is 2.08. The fourth-order valence-electron chi connectivity index (χ4n) is 1.52. The van der Waals surface area contributed by atoms with Crippen LogP contribution in [0, 0.1) is 0 Å². The molecule has 1 atom stereocenters. The van der Waals surface area contributed by atoms with Gasteiger partial charge in [-0.05, 0) is 38.3 Å². The lowest BCUT2D eigenvalue weighted by atomic mass is 10.1. The third kappa shape index (κ3) is 6.75. The number of carboxylic acid groups (broad SMARTS) is 1. The van der Waals surface area contributed by atoms with E-state index in [0.717, 1.165) is 12.8 Å². The van der Waals surface area contributed by atoms with Crippen molar-refractivity contribution in [1.29, 1.82) is 0 Å². The van der Waals surface area contributed by atoms with Gasteiger partial charge >= 0.3 is 5.97 Å². The summed E-state index contributed by atoms with van der Waals surface area (Å²) >= 11 is 0. The van der Waals surface area contributed by atoms with Gasteiger partial charge in [-0.2, -0.15) is 0 Å². The molecule has 0 aliphatic rings. The SMILES string of the molecule is C/C(=N/Oc1ccccc1)NCCCC[C@H](N)C(=O)O. The second-order valence-corrected chi connectivity index (χ2v) is 4.45. The third-order valence-electron chi connectivity index (χ3n) is 2.67. The van der Waals surface area contributed by atoms with Gasteiger partial charge < -0.3 is 21.0 Å². The lowest BCUT2D eigenvalue weighted by Gasteiger charge is -2.07. The molecule has 0 aromatic heterocycles. The summed E-state index contributed by atoms with van der Waals surface area (Å²) in [7, 11) is 0. The number of unbranched alkanes of at least 4 members (excludes halogenated alkanes) is 1. The first-order valence-electron chi connectivity index (χ1n) is 6.58. The molecule has 4 N–H and O–H groups in total. The molecule has 0 spiro atoms. The summed E-state index contributed by atoms with van der Waals surface area (Å²) < 4.78 is 0. The van der Waals surface area contributed by atoms with Crippen LogP contribution in [0.2, 0.25) is 0 Å². The van der Waals surface area contributed by atoms with Crippen molar-refractivity contribution in [3.63, 3.8) is 0 Å². The summed E-state index contributed by atoms with van der Waals surface area (Å²) in [6, 6.07) is 8.53. The number of nitrogens with one attached hydrogen (secondary N) is 1. The number of para-hydroxylation sites is 1. The average molecular weight is 279 g/mol. The number of nitrogens with two attached hydrogens (primary N) is 1. The maximum absolute atomic E-state index is 10.5. The maximum Gasteiger partial charge on any atom is 0.320 e. The normalized spacial score (nSPS) is 12.8. The van der Waals surface area contributed by atoms with E-state index >= 15 is 0 Å². The van der Waals surface area contributed by atoms with E-state index in [4.69, 9.17) is 15.7 Å². The van der Waals surface area contributed by atoms with Crippen LogP contribution < -0.4 is 15.9 Å². The second kappa shape index (κ2) is 8.92. The number of hydrogen-bond donors (Lipinski definition) is 3. The summed E-state index contributed by atoms with van der Waals surface area (Å²) in [5.74, 6) is 0.407. The molecule has 0 heterocycles. The van der Waals surface area contributed by atoms with Crippen molar-refractivity contribution >= 4 is 11.8 Å². The minimum absolute atomic E-state index is 0.480. The zero-order valence-electron chi connectivity index (χ0n) is 11.6. The molecule has 0 aliphatic heterocycles. The Morgan fingerprint density at radius 2 is 2.10 bits per heavy atom. The van der Waals surface area contributed by atoms with Gasteiger partial charge in [0.15, 0.2) is 5.75 Å². The van der Waals surface area contributed by atoms with Crippen LogP contribution in [0.4, 0.5) is 0 Å². The van der Waals surface area contributed by atoms with Crippen molar-refractivity contribution in [2.45, 2.75) is 32.2 Å². The Kier molecular flexibility index (Phi) is 7.13. The molecule has 0 radical (unpaired) electrons. The molecule has 110 valence electrons. The van der Waals surface area contributed by atoms with Crippen molar-refractivity contribution in [2.75, 3.05) is 6.54 Å². The van der Waals surface area contributed by atoms with Gasteiger partial charge in [0.2, 0.25) is 0 Å². The molecule has 1 rings (SSSR count). The largest absolute Gasteiger partial charge is 0.480 e. The Bertz CT molecular complexity index is 435. The van der Waals surface area contributed by atoms with Gasteiger partial charge in [-0.3, -0.25) is 4.79 Å². The second-order valence-electron chi connectivity index (χ2n) is 4.45. The standard InChI is InChI=1S/C14H21N3O3/c1-11(17-20-12-7-3-2-4-8-12)16-10-6-5-9-13(15)14(18)19/h2-4,7-8,13H,5-6,9-10,15H2,1H3,(H,16,17)(H,18,19)/t13-/m0/s1. The van der Waals surface area contributed by atoms with Crippen LogP contribution in [0.5, 0.6) is 5.75 Å². The summed E-state index contributed by atoms with van der Waals surface area (Å²) in [5, 5.41) is 15.7. The van der Waals surface area contributed by atoms with Gasteiger partial charge in [-0.15, -0.1) is 0 Å². The van der Waals surface area contributed by atoms with Gasteiger partial charge in [0, 0.05) is 6.54 Å². The monoisotopic (exact) mass is 279 g/mol. The molecule has 0 fully saturated rings. The quantitative estimate of drug-likeness (QED) is 0.290. The predicted molar refractivity (Wildman–Crippen MR) is 77.6 cm³/mol. The summed E-state index contributed by atoms with van der Waals surface area (Å²) in [5.41, 5.74) is 5.41. The van der Waals surface area contributed by atoms with Crippen LogP contribution >= 0.6 is 0 Å². The Hall–Kier alpha value is -2.08. The van der Waals surface area contributed by atoms with Crippen LogP contribution in [0.25, 0.3) is 0 Å². The first-order valence-corrected chi connectivity index (χ1v) is 6.58. The van der Waals surface area contributed by atoms with Crippen molar-refractivity contribution in [2.24, 2.45) is 10.9 Å². The van der Waals surface area contributed by atoms with E-state index < -0.39 is 12.0 Å². The van der Waals surface area contributed by atoms with Crippen LogP contribution in [-0.2, 0) is 4.79 Å². The first kappa shape index (κ1) is 16.0. The first-order chi connectivity index (χ1) is 9.59. The summed E-state index contributed by atoms with van der Waals surface area (Å²) in [6.07, 6.45) is 2.07. The van der Waals surface area contributed by atoms with E-state index in [1.165, 1.54) is 0 Å². The van der Waals surface area contributed by atoms with E-state index in [2.05, 4.69) is 10.5 Å². The highest BCUT2D eigenvalue weighted by Gasteiger charge is 2.09. The van der Waals surface area contributed by atoms with Gasteiger partial charge in [0.1, 0.15) is 11.9 Å². The molecule has 1 aromatic carbocycles. The predicted octanol–water partition coefficient (Wildman–Crippen LogP) is 1.57. The van der Waals surface area contributed by atoms with Crippen LogP contribution in [0.3, 0.4) is 0 Å². The lowest BCUT2D eigenvalue weighted by Crippen LogP contribution is -2.30. The number of carbonyl (C=O) groups is 1. The van der Waals surface area contributed by atoms with Crippen molar-refractivity contribution < 1.29 is 14.7 Å². The number of benzene rings is 1. The molecule has 0 unspecified atom stereocenters. The number of oxime groups is 1. The molecule has 6 heteroatoms. The van der Waals surface area contributed by atoms with Crippen molar-refractivity contribution in [1.82, 2.24) is 5.32 Å². The Balaban J connectivity index is 2.14. The smallest absolute Gasteiger partial charge is 0.320 e. The van der Waals surface area contributed by atoms with Crippen LogP contribution in [0.15, 0.2) is 35.5 Å². The Morgan fingerprint density at radius 1 is 1.40 bits per heavy atom. The minimum atomic E-state index is -0.952. The fraction of sp³-hybridized carbons (Fsp3) is 0.429. The number of nitrogens with zero attached hydrogens (tertiary/aromatic N) is 1.